The fourth-order valence-electron chi connectivity index (χ4n) is 2.73. The van der Waals surface area contributed by atoms with Gasteiger partial charge in [-0.1, -0.05) is 44.2 Å². The van der Waals surface area contributed by atoms with E-state index in [-0.39, 0.29) is 5.69 Å². The molecule has 4 aromatic rings. The van der Waals surface area contributed by atoms with Crippen LogP contribution in [0.5, 0.6) is 0 Å². The summed E-state index contributed by atoms with van der Waals surface area (Å²) in [5.74, 6) is -0.786. The highest BCUT2D eigenvalue weighted by Crippen LogP contribution is 2.21. The molecule has 0 saturated heterocycles. The van der Waals surface area contributed by atoms with Crippen molar-refractivity contribution in [1.82, 2.24) is 9.55 Å². The molecule has 0 aliphatic heterocycles. The second-order valence-electron chi connectivity index (χ2n) is 5.54. The number of carboxylic acids is 1. The largest absolute Gasteiger partial charge is 0.476 e. The quantitative estimate of drug-likeness (QED) is 0.559. The molecule has 0 fully saturated rings. The Kier molecular flexibility index (Phi) is 5.17. The highest BCUT2D eigenvalue weighted by atomic mass is 16.4. The van der Waals surface area contributed by atoms with Crippen LogP contribution in [0.25, 0.3) is 22.4 Å². The van der Waals surface area contributed by atoms with E-state index in [2.05, 4.69) is 33.9 Å². The molecule has 0 unspecified atom stereocenters. The van der Waals surface area contributed by atoms with E-state index in [1.54, 1.807) is 0 Å². The minimum Gasteiger partial charge on any atom is -0.476 e. The van der Waals surface area contributed by atoms with Crippen molar-refractivity contribution in [3.05, 3.63) is 78.3 Å². The fraction of sp³-hybridized carbons (Fsp3) is 0.143. The number of hydrogen-bond donors (Lipinski definition) is 1. The van der Waals surface area contributed by atoms with Crippen LogP contribution in [-0.4, -0.2) is 20.6 Å². The highest BCUT2D eigenvalue weighted by molar-refractivity contribution is 5.85. The molecule has 0 bridgehead atoms. The maximum atomic E-state index is 10.9. The van der Waals surface area contributed by atoms with E-state index < -0.39 is 5.97 Å². The van der Waals surface area contributed by atoms with E-state index in [0.29, 0.717) is 5.89 Å². The van der Waals surface area contributed by atoms with Gasteiger partial charge in [-0.05, 0) is 35.2 Å². The monoisotopic (exact) mass is 348 g/mol. The average Bonchev–Trinajstić information content (AvgIpc) is 3.32. The van der Waals surface area contributed by atoms with Gasteiger partial charge in [0, 0.05) is 23.8 Å². The van der Waals surface area contributed by atoms with Crippen LogP contribution in [0.15, 0.2) is 71.5 Å². The van der Waals surface area contributed by atoms with Crippen LogP contribution in [-0.2, 0) is 6.54 Å². The summed E-state index contributed by atoms with van der Waals surface area (Å²) in [6, 6.07) is 18.1. The summed E-state index contributed by atoms with van der Waals surface area (Å²) in [4.78, 5) is 14.8. The summed E-state index contributed by atoms with van der Waals surface area (Å²) in [7, 11) is 0. The summed E-state index contributed by atoms with van der Waals surface area (Å²) in [6.07, 6.45) is 3.23. The molecule has 1 N–H and O–H groups in total. The predicted octanol–water partition coefficient (Wildman–Crippen LogP) is 5.07. The summed E-state index contributed by atoms with van der Waals surface area (Å²) in [5, 5.41) is 10.1. The Bertz CT molecular complexity index is 1010. The summed E-state index contributed by atoms with van der Waals surface area (Å²) in [6.45, 7) is 4.76. The first kappa shape index (κ1) is 17.5. The number of hydrogen-bond acceptors (Lipinski definition) is 3. The Morgan fingerprint density at radius 3 is 2.50 bits per heavy atom. The maximum absolute atomic E-state index is 10.9. The Hall–Kier alpha value is -3.34. The van der Waals surface area contributed by atoms with Crippen LogP contribution < -0.4 is 0 Å². The Labute approximate surface area is 151 Å². The van der Waals surface area contributed by atoms with Crippen molar-refractivity contribution < 1.29 is 14.3 Å². The third kappa shape index (κ3) is 3.52. The highest BCUT2D eigenvalue weighted by Gasteiger charge is 2.11. The second-order valence-corrected chi connectivity index (χ2v) is 5.54. The molecule has 132 valence electrons. The summed E-state index contributed by atoms with van der Waals surface area (Å²) < 4.78 is 7.41. The van der Waals surface area contributed by atoms with Gasteiger partial charge in [-0.3, -0.25) is 0 Å². The van der Waals surface area contributed by atoms with Crippen LogP contribution in [0.1, 0.15) is 29.9 Å². The van der Waals surface area contributed by atoms with Gasteiger partial charge in [-0.25, -0.2) is 9.78 Å². The van der Waals surface area contributed by atoms with Crippen LogP contribution in [0.2, 0.25) is 0 Å². The van der Waals surface area contributed by atoms with Gasteiger partial charge in [-0.2, -0.15) is 0 Å². The second kappa shape index (κ2) is 7.70. The van der Waals surface area contributed by atoms with E-state index in [0.717, 1.165) is 23.9 Å². The first-order chi connectivity index (χ1) is 12.7. The molecule has 0 atom stereocenters. The molecule has 2 aromatic heterocycles. The lowest BCUT2D eigenvalue weighted by Crippen LogP contribution is -1.97. The standard InChI is InChI=1S/C19H14N2O3.C2H6/c22-19(23)16-12-24-18(20-16)15-7-5-13(6-8-15)11-21-10-9-14-3-1-2-4-17(14)21;1-2/h1-10,12H,11H2,(H,22,23);1-2H3. The number of carboxylic acid groups (broad SMARTS) is 1. The van der Waals surface area contributed by atoms with Gasteiger partial charge in [0.05, 0.1) is 0 Å². The molecule has 2 heterocycles. The minimum absolute atomic E-state index is 0.0899. The van der Waals surface area contributed by atoms with Crippen LogP contribution in [0.4, 0.5) is 0 Å². The van der Waals surface area contributed by atoms with Gasteiger partial charge < -0.3 is 14.1 Å². The first-order valence-electron chi connectivity index (χ1n) is 8.53. The van der Waals surface area contributed by atoms with Crippen molar-refractivity contribution in [1.29, 1.82) is 0 Å². The Balaban J connectivity index is 0.000000948. The lowest BCUT2D eigenvalue weighted by Gasteiger charge is -2.06. The molecule has 0 radical (unpaired) electrons. The zero-order valence-electron chi connectivity index (χ0n) is 14.7. The molecule has 0 aliphatic rings. The number of nitrogens with zero attached hydrogens (tertiary/aromatic N) is 2. The molecule has 0 spiro atoms. The number of aromatic nitrogens is 2. The summed E-state index contributed by atoms with van der Waals surface area (Å²) >= 11 is 0. The van der Waals surface area contributed by atoms with E-state index >= 15 is 0 Å². The van der Waals surface area contributed by atoms with Crippen molar-refractivity contribution in [3.8, 4) is 11.5 Å². The molecule has 4 rings (SSSR count). The van der Waals surface area contributed by atoms with Crippen molar-refractivity contribution in [2.24, 2.45) is 0 Å². The topological polar surface area (TPSA) is 68.3 Å². The number of para-hydroxylation sites is 1. The summed E-state index contributed by atoms with van der Waals surface area (Å²) in [5.41, 5.74) is 3.00. The van der Waals surface area contributed by atoms with Gasteiger partial charge >= 0.3 is 5.97 Å². The van der Waals surface area contributed by atoms with E-state index in [1.165, 1.54) is 10.9 Å². The lowest BCUT2D eigenvalue weighted by molar-refractivity contribution is 0.0690. The third-order valence-corrected chi connectivity index (χ3v) is 3.96. The number of fused-ring (bicyclic) bond motifs is 1. The number of oxazole rings is 1. The molecule has 2 aromatic carbocycles. The minimum atomic E-state index is -1.10. The molecule has 26 heavy (non-hydrogen) atoms. The Morgan fingerprint density at radius 2 is 1.81 bits per heavy atom. The predicted molar refractivity (Wildman–Crippen MR) is 101 cm³/mol. The van der Waals surface area contributed by atoms with E-state index in [1.807, 2.05) is 50.2 Å². The normalized spacial score (nSPS) is 10.4. The third-order valence-electron chi connectivity index (χ3n) is 3.96. The molecular formula is C21H20N2O3. The van der Waals surface area contributed by atoms with Gasteiger partial charge in [0.15, 0.2) is 5.69 Å². The Morgan fingerprint density at radius 1 is 1.08 bits per heavy atom. The van der Waals surface area contributed by atoms with Crippen LogP contribution in [0, 0.1) is 0 Å². The zero-order valence-corrected chi connectivity index (χ0v) is 14.7. The van der Waals surface area contributed by atoms with Gasteiger partial charge in [0.2, 0.25) is 5.89 Å². The lowest BCUT2D eigenvalue weighted by atomic mass is 10.1. The average molecular weight is 348 g/mol. The molecule has 0 aliphatic carbocycles. The molecule has 5 heteroatoms. The van der Waals surface area contributed by atoms with Crippen LogP contribution >= 0.6 is 0 Å². The van der Waals surface area contributed by atoms with Crippen molar-refractivity contribution in [2.45, 2.75) is 20.4 Å². The SMILES string of the molecule is CC.O=C(O)c1coc(-c2ccc(Cn3ccc4ccccc43)cc2)n1. The van der Waals surface area contributed by atoms with Gasteiger partial charge in [0.1, 0.15) is 6.26 Å². The van der Waals surface area contributed by atoms with Gasteiger partial charge in [0.25, 0.3) is 0 Å². The molecule has 0 amide bonds. The van der Waals surface area contributed by atoms with Crippen LogP contribution in [0.3, 0.4) is 0 Å². The maximum Gasteiger partial charge on any atom is 0.357 e. The zero-order chi connectivity index (χ0) is 18.5. The number of carbonyl (C=O) groups is 1. The molecule has 0 saturated carbocycles. The smallest absolute Gasteiger partial charge is 0.357 e. The first-order valence-corrected chi connectivity index (χ1v) is 8.53. The van der Waals surface area contributed by atoms with Crippen molar-refractivity contribution >= 4 is 16.9 Å². The van der Waals surface area contributed by atoms with Gasteiger partial charge in [-0.15, -0.1) is 0 Å². The van der Waals surface area contributed by atoms with Crippen molar-refractivity contribution in [2.75, 3.05) is 0 Å². The number of benzene rings is 2. The number of rotatable bonds is 4. The fourth-order valence-corrected chi connectivity index (χ4v) is 2.73. The molecular weight excluding hydrogens is 328 g/mol. The van der Waals surface area contributed by atoms with Crippen molar-refractivity contribution in [3.63, 3.8) is 0 Å². The molecule has 5 nitrogen and oxygen atoms in total. The van der Waals surface area contributed by atoms with E-state index in [4.69, 9.17) is 9.52 Å². The van der Waals surface area contributed by atoms with E-state index in [9.17, 15) is 4.79 Å². The number of aromatic carboxylic acids is 1.